The second kappa shape index (κ2) is 8.31. The number of hydrogen-bond donors (Lipinski definition) is 3. The van der Waals surface area contributed by atoms with Gasteiger partial charge in [0.2, 0.25) is 0 Å². The average Bonchev–Trinajstić information content (AvgIpc) is 2.48. The summed E-state index contributed by atoms with van der Waals surface area (Å²) in [5.74, 6) is 0. The molecule has 3 unspecified atom stereocenters. The summed E-state index contributed by atoms with van der Waals surface area (Å²) >= 11 is 0. The number of rotatable bonds is 8. The molecule has 0 saturated carbocycles. The molecular formula is C16H27NO2. The minimum Gasteiger partial charge on any atom is -0.395 e. The molecule has 3 N–H and O–H groups in total. The molecule has 0 spiro atoms. The molecule has 0 aliphatic rings. The Balaban J connectivity index is 2.73. The first-order valence-corrected chi connectivity index (χ1v) is 7.29. The molecule has 0 heterocycles. The SMILES string of the molecule is CCc1ccc(C(O)C(CC)NC(CC)CO)cc1. The minimum atomic E-state index is -0.531. The summed E-state index contributed by atoms with van der Waals surface area (Å²) in [4.78, 5) is 0. The van der Waals surface area contributed by atoms with Gasteiger partial charge in [-0.05, 0) is 30.4 Å². The van der Waals surface area contributed by atoms with Gasteiger partial charge >= 0.3 is 0 Å². The molecule has 0 aromatic heterocycles. The standard InChI is InChI=1S/C16H27NO2/c1-4-12-7-9-13(10-8-12)16(19)15(6-3)17-14(5-2)11-18/h7-10,14-19H,4-6,11H2,1-3H3. The molecule has 0 saturated heterocycles. The molecule has 3 nitrogen and oxygen atoms in total. The smallest absolute Gasteiger partial charge is 0.0942 e. The Bertz CT molecular complexity index is 346. The van der Waals surface area contributed by atoms with Gasteiger partial charge in [0, 0.05) is 12.1 Å². The van der Waals surface area contributed by atoms with Crippen LogP contribution in [0.1, 0.15) is 50.8 Å². The van der Waals surface area contributed by atoms with Crippen molar-refractivity contribution in [1.82, 2.24) is 5.32 Å². The number of benzene rings is 1. The van der Waals surface area contributed by atoms with Crippen molar-refractivity contribution in [3.8, 4) is 0 Å². The van der Waals surface area contributed by atoms with Crippen molar-refractivity contribution in [1.29, 1.82) is 0 Å². The zero-order valence-electron chi connectivity index (χ0n) is 12.3. The maximum absolute atomic E-state index is 10.4. The summed E-state index contributed by atoms with van der Waals surface area (Å²) in [5, 5.41) is 23.0. The van der Waals surface area contributed by atoms with Gasteiger partial charge in [-0.2, -0.15) is 0 Å². The fourth-order valence-electron chi connectivity index (χ4n) is 2.22. The molecule has 0 aliphatic heterocycles. The van der Waals surface area contributed by atoms with E-state index in [1.165, 1.54) is 5.56 Å². The lowest BCUT2D eigenvalue weighted by atomic mass is 9.98. The lowest BCUT2D eigenvalue weighted by Crippen LogP contribution is -2.43. The molecule has 0 radical (unpaired) electrons. The third kappa shape index (κ3) is 4.60. The molecule has 0 fully saturated rings. The van der Waals surface area contributed by atoms with Crippen molar-refractivity contribution in [3.63, 3.8) is 0 Å². The normalized spacial score (nSPS) is 16.1. The van der Waals surface area contributed by atoms with Gasteiger partial charge in [0.25, 0.3) is 0 Å². The molecule has 0 aliphatic carbocycles. The largest absolute Gasteiger partial charge is 0.395 e. The quantitative estimate of drug-likeness (QED) is 0.676. The van der Waals surface area contributed by atoms with Gasteiger partial charge in [0.15, 0.2) is 0 Å². The first-order valence-electron chi connectivity index (χ1n) is 7.29. The summed E-state index contributed by atoms with van der Waals surface area (Å²) in [6, 6.07) is 8.14. The van der Waals surface area contributed by atoms with Crippen LogP contribution in [-0.2, 0) is 6.42 Å². The van der Waals surface area contributed by atoms with Gasteiger partial charge in [-0.1, -0.05) is 45.0 Å². The third-order valence-corrected chi connectivity index (χ3v) is 3.71. The molecule has 108 valence electrons. The number of nitrogens with one attached hydrogen (secondary N) is 1. The van der Waals surface area contributed by atoms with Gasteiger partial charge in [0.1, 0.15) is 0 Å². The second-order valence-electron chi connectivity index (χ2n) is 5.01. The maximum Gasteiger partial charge on any atom is 0.0942 e. The highest BCUT2D eigenvalue weighted by Gasteiger charge is 2.21. The summed E-state index contributed by atoms with van der Waals surface area (Å²) in [6.45, 7) is 6.30. The van der Waals surface area contributed by atoms with Gasteiger partial charge in [-0.25, -0.2) is 0 Å². The van der Waals surface area contributed by atoms with Crippen LogP contribution in [0.2, 0.25) is 0 Å². The fraction of sp³-hybridized carbons (Fsp3) is 0.625. The van der Waals surface area contributed by atoms with Gasteiger partial charge in [-0.15, -0.1) is 0 Å². The highest BCUT2D eigenvalue weighted by Crippen LogP contribution is 2.20. The Morgan fingerprint density at radius 2 is 1.68 bits per heavy atom. The van der Waals surface area contributed by atoms with Crippen LogP contribution in [0.25, 0.3) is 0 Å². The molecule has 0 bridgehead atoms. The predicted octanol–water partition coefficient (Wildman–Crippen LogP) is 2.42. The Hall–Kier alpha value is -0.900. The van der Waals surface area contributed by atoms with E-state index in [4.69, 9.17) is 0 Å². The van der Waals surface area contributed by atoms with E-state index in [-0.39, 0.29) is 18.7 Å². The summed E-state index contributed by atoms with van der Waals surface area (Å²) in [7, 11) is 0. The lowest BCUT2D eigenvalue weighted by Gasteiger charge is -2.27. The Kier molecular flexibility index (Phi) is 7.06. The summed E-state index contributed by atoms with van der Waals surface area (Å²) in [5.41, 5.74) is 2.21. The molecule has 1 rings (SSSR count). The number of hydrogen-bond acceptors (Lipinski definition) is 3. The van der Waals surface area contributed by atoms with E-state index in [1.54, 1.807) is 0 Å². The van der Waals surface area contributed by atoms with Crippen molar-refractivity contribution in [2.24, 2.45) is 0 Å². The van der Waals surface area contributed by atoms with Crippen LogP contribution in [-0.4, -0.2) is 28.9 Å². The minimum absolute atomic E-state index is 0.0235. The van der Waals surface area contributed by atoms with Crippen LogP contribution in [0.3, 0.4) is 0 Å². The van der Waals surface area contributed by atoms with E-state index >= 15 is 0 Å². The predicted molar refractivity (Wildman–Crippen MR) is 79.2 cm³/mol. The van der Waals surface area contributed by atoms with E-state index in [2.05, 4.69) is 24.4 Å². The Morgan fingerprint density at radius 3 is 2.11 bits per heavy atom. The fourth-order valence-corrected chi connectivity index (χ4v) is 2.22. The lowest BCUT2D eigenvalue weighted by molar-refractivity contribution is 0.109. The van der Waals surface area contributed by atoms with Gasteiger partial charge in [-0.3, -0.25) is 0 Å². The molecule has 19 heavy (non-hydrogen) atoms. The van der Waals surface area contributed by atoms with Crippen LogP contribution in [0.15, 0.2) is 24.3 Å². The van der Waals surface area contributed by atoms with E-state index < -0.39 is 6.10 Å². The third-order valence-electron chi connectivity index (χ3n) is 3.71. The molecule has 1 aromatic carbocycles. The van der Waals surface area contributed by atoms with Crippen LogP contribution in [0.5, 0.6) is 0 Å². The van der Waals surface area contributed by atoms with Crippen LogP contribution in [0, 0.1) is 0 Å². The molecule has 1 aromatic rings. The summed E-state index contributed by atoms with van der Waals surface area (Å²) in [6.07, 6.45) is 2.16. The van der Waals surface area contributed by atoms with E-state index in [1.807, 2.05) is 26.0 Å². The molecular weight excluding hydrogens is 238 g/mol. The van der Waals surface area contributed by atoms with Crippen molar-refractivity contribution in [2.75, 3.05) is 6.61 Å². The first-order chi connectivity index (χ1) is 9.15. The van der Waals surface area contributed by atoms with Gasteiger partial charge in [0.05, 0.1) is 12.7 Å². The number of aliphatic hydroxyl groups excluding tert-OH is 2. The number of aryl methyl sites for hydroxylation is 1. The van der Waals surface area contributed by atoms with Crippen molar-refractivity contribution < 1.29 is 10.2 Å². The Morgan fingerprint density at radius 1 is 1.05 bits per heavy atom. The van der Waals surface area contributed by atoms with Crippen molar-refractivity contribution >= 4 is 0 Å². The van der Waals surface area contributed by atoms with Crippen molar-refractivity contribution in [3.05, 3.63) is 35.4 Å². The molecule has 0 amide bonds. The Labute approximate surface area is 116 Å². The second-order valence-corrected chi connectivity index (χ2v) is 5.01. The first kappa shape index (κ1) is 16.2. The van der Waals surface area contributed by atoms with Crippen molar-refractivity contribution in [2.45, 2.75) is 58.2 Å². The van der Waals surface area contributed by atoms with E-state index in [9.17, 15) is 10.2 Å². The van der Waals surface area contributed by atoms with E-state index in [0.717, 1.165) is 24.8 Å². The average molecular weight is 265 g/mol. The molecule has 3 atom stereocenters. The number of aliphatic hydroxyl groups is 2. The van der Waals surface area contributed by atoms with E-state index in [0.29, 0.717) is 0 Å². The van der Waals surface area contributed by atoms with Crippen LogP contribution < -0.4 is 5.32 Å². The zero-order valence-corrected chi connectivity index (χ0v) is 12.3. The molecule has 3 heteroatoms. The monoisotopic (exact) mass is 265 g/mol. The highest BCUT2D eigenvalue weighted by molar-refractivity contribution is 5.25. The van der Waals surface area contributed by atoms with Gasteiger partial charge < -0.3 is 15.5 Å². The summed E-state index contributed by atoms with van der Waals surface area (Å²) < 4.78 is 0. The van der Waals surface area contributed by atoms with Crippen LogP contribution in [0.4, 0.5) is 0 Å². The maximum atomic E-state index is 10.4. The topological polar surface area (TPSA) is 52.5 Å². The highest BCUT2D eigenvalue weighted by atomic mass is 16.3. The van der Waals surface area contributed by atoms with Crippen LogP contribution >= 0.6 is 0 Å². The zero-order chi connectivity index (χ0) is 14.3.